The highest BCUT2D eigenvalue weighted by molar-refractivity contribution is 14.1. The van der Waals surface area contributed by atoms with E-state index in [2.05, 4.69) is 27.6 Å². The number of hydrogen-bond donors (Lipinski definition) is 0. The van der Waals surface area contributed by atoms with Gasteiger partial charge in [0.15, 0.2) is 5.12 Å². The van der Waals surface area contributed by atoms with E-state index in [-0.39, 0.29) is 10.9 Å². The van der Waals surface area contributed by atoms with Crippen molar-refractivity contribution in [2.75, 3.05) is 6.61 Å². The molecule has 174 valence electrons. The van der Waals surface area contributed by atoms with Crippen molar-refractivity contribution in [2.45, 2.75) is 38.9 Å². The molecule has 3 aromatic heterocycles. The minimum Gasteiger partial charge on any atom is -0.493 e. The predicted octanol–water partition coefficient (Wildman–Crippen LogP) is 5.34. The number of carbonyl (C=O) groups excluding carboxylic acids is 1. The number of aromatic nitrogens is 4. The molecule has 4 aromatic rings. The van der Waals surface area contributed by atoms with Crippen molar-refractivity contribution < 1.29 is 13.9 Å². The van der Waals surface area contributed by atoms with E-state index in [0.29, 0.717) is 30.8 Å². The quantitative estimate of drug-likeness (QED) is 0.283. The van der Waals surface area contributed by atoms with Crippen LogP contribution in [0.15, 0.2) is 36.8 Å². The Morgan fingerprint density at radius 1 is 1.21 bits per heavy atom. The lowest BCUT2D eigenvalue weighted by molar-refractivity contribution is -0.109. The Kier molecular flexibility index (Phi) is 6.57. The highest BCUT2D eigenvalue weighted by Crippen LogP contribution is 2.33. The summed E-state index contributed by atoms with van der Waals surface area (Å²) in [5.41, 5.74) is 6.20. The van der Waals surface area contributed by atoms with E-state index >= 15 is 0 Å². The van der Waals surface area contributed by atoms with Crippen LogP contribution in [0.2, 0.25) is 0 Å². The zero-order valence-corrected chi connectivity index (χ0v) is 21.7. The molecule has 1 aliphatic rings. The van der Waals surface area contributed by atoms with Crippen molar-refractivity contribution in [3.8, 4) is 16.9 Å². The zero-order chi connectivity index (χ0) is 23.8. The van der Waals surface area contributed by atoms with Crippen LogP contribution in [0.1, 0.15) is 35.3 Å². The van der Waals surface area contributed by atoms with Gasteiger partial charge < -0.3 is 4.74 Å². The van der Waals surface area contributed by atoms with Crippen molar-refractivity contribution in [1.29, 1.82) is 0 Å². The fourth-order valence-electron chi connectivity index (χ4n) is 4.37. The van der Waals surface area contributed by atoms with Crippen LogP contribution >= 0.6 is 34.4 Å². The summed E-state index contributed by atoms with van der Waals surface area (Å²) in [6.07, 6.45) is 5.44. The first kappa shape index (κ1) is 23.2. The maximum Gasteiger partial charge on any atom is 0.186 e. The van der Waals surface area contributed by atoms with Crippen LogP contribution in [-0.2, 0) is 29.8 Å². The minimum atomic E-state index is -0.198. The molecule has 0 spiro atoms. The number of benzene rings is 1. The van der Waals surface area contributed by atoms with E-state index in [1.807, 2.05) is 29.7 Å². The van der Waals surface area contributed by atoms with Gasteiger partial charge in [-0.1, -0.05) is 17.8 Å². The molecule has 0 radical (unpaired) electrons. The van der Waals surface area contributed by atoms with Crippen LogP contribution in [0.5, 0.6) is 5.75 Å². The van der Waals surface area contributed by atoms with Gasteiger partial charge in [0, 0.05) is 54.1 Å². The second-order valence-electron chi connectivity index (χ2n) is 8.17. The van der Waals surface area contributed by atoms with Crippen LogP contribution < -0.4 is 4.74 Å². The molecular weight excluding hydrogens is 566 g/mol. The average molecular weight is 588 g/mol. The van der Waals surface area contributed by atoms with Gasteiger partial charge in [0.25, 0.3) is 0 Å². The fraction of sp³-hybridized carbons (Fsp3) is 0.280. The van der Waals surface area contributed by atoms with Crippen molar-refractivity contribution in [1.82, 2.24) is 19.4 Å². The molecule has 0 saturated heterocycles. The summed E-state index contributed by atoms with van der Waals surface area (Å²) < 4.78 is 23.1. The summed E-state index contributed by atoms with van der Waals surface area (Å²) in [5.74, 6) is 1.89. The van der Waals surface area contributed by atoms with Crippen molar-refractivity contribution in [2.24, 2.45) is 0 Å². The number of hydrogen-bond acceptors (Lipinski definition) is 6. The number of pyridine rings is 1. The Morgan fingerprint density at radius 3 is 2.88 bits per heavy atom. The van der Waals surface area contributed by atoms with Crippen LogP contribution in [0.3, 0.4) is 0 Å². The Hall–Kier alpha value is -2.53. The van der Waals surface area contributed by atoms with E-state index in [1.54, 1.807) is 19.3 Å². The van der Waals surface area contributed by atoms with Crippen molar-refractivity contribution >= 4 is 45.0 Å². The normalized spacial score (nSPS) is 12.7. The maximum atomic E-state index is 14.6. The van der Waals surface area contributed by atoms with Gasteiger partial charge in [-0.2, -0.15) is 0 Å². The Bertz CT molecular complexity index is 1420. The van der Waals surface area contributed by atoms with Gasteiger partial charge in [-0.3, -0.25) is 14.2 Å². The lowest BCUT2D eigenvalue weighted by Gasteiger charge is -2.14. The van der Waals surface area contributed by atoms with Gasteiger partial charge in [0.2, 0.25) is 0 Å². The highest BCUT2D eigenvalue weighted by atomic mass is 127. The van der Waals surface area contributed by atoms with Crippen LogP contribution in [0.25, 0.3) is 16.6 Å². The second kappa shape index (κ2) is 9.61. The summed E-state index contributed by atoms with van der Waals surface area (Å²) in [5, 5.41) is 0.0526. The number of nitrogens with zero attached hydrogens (tertiary/aromatic N) is 4. The van der Waals surface area contributed by atoms with Crippen LogP contribution in [0, 0.1) is 16.4 Å². The number of thioether (sulfide) groups is 1. The molecule has 9 heteroatoms. The van der Waals surface area contributed by atoms with E-state index in [9.17, 15) is 9.18 Å². The average Bonchev–Trinajstić information content (AvgIpc) is 3.44. The molecule has 5 rings (SSSR count). The lowest BCUT2D eigenvalue weighted by Crippen LogP contribution is -2.07. The molecule has 1 aromatic carbocycles. The largest absolute Gasteiger partial charge is 0.493 e. The predicted molar refractivity (Wildman–Crippen MR) is 139 cm³/mol. The smallest absolute Gasteiger partial charge is 0.186 e. The van der Waals surface area contributed by atoms with Crippen molar-refractivity contribution in [3.63, 3.8) is 0 Å². The van der Waals surface area contributed by atoms with Gasteiger partial charge in [-0.05, 0) is 59.7 Å². The van der Waals surface area contributed by atoms with Crippen LogP contribution in [-0.4, -0.2) is 31.1 Å². The molecule has 1 aliphatic heterocycles. The molecule has 0 saturated carbocycles. The van der Waals surface area contributed by atoms with Gasteiger partial charge in [-0.15, -0.1) is 0 Å². The molecule has 0 atom stereocenters. The van der Waals surface area contributed by atoms with Gasteiger partial charge in [-0.25, -0.2) is 14.4 Å². The Morgan fingerprint density at radius 2 is 2.06 bits per heavy atom. The molecule has 0 N–H and O–H groups in total. The summed E-state index contributed by atoms with van der Waals surface area (Å²) >= 11 is 3.47. The monoisotopic (exact) mass is 588 g/mol. The fourth-order valence-corrected chi connectivity index (χ4v) is 5.60. The first-order valence-corrected chi connectivity index (χ1v) is 13.0. The molecule has 0 amide bonds. The van der Waals surface area contributed by atoms with E-state index < -0.39 is 0 Å². The number of fused-ring (bicyclic) bond motifs is 2. The summed E-state index contributed by atoms with van der Waals surface area (Å²) in [6, 6.07) is 7.19. The Labute approximate surface area is 214 Å². The SMILES string of the molecule is CC(=O)SCc1nc(C)ccc1-c1cnc(CCc2c(F)ccc3c2CCO3)n2cnc(I)c12. The van der Waals surface area contributed by atoms with E-state index in [4.69, 9.17) is 14.7 Å². The summed E-state index contributed by atoms with van der Waals surface area (Å²) in [7, 11) is 0. The molecule has 0 fully saturated rings. The first-order valence-electron chi connectivity index (χ1n) is 11.0. The third-order valence-corrected chi connectivity index (χ3v) is 7.57. The number of rotatable bonds is 6. The summed E-state index contributed by atoms with van der Waals surface area (Å²) in [6.45, 7) is 4.10. The number of imidazole rings is 1. The zero-order valence-electron chi connectivity index (χ0n) is 18.8. The topological polar surface area (TPSA) is 69.4 Å². The van der Waals surface area contributed by atoms with Crippen LogP contribution in [0.4, 0.5) is 4.39 Å². The van der Waals surface area contributed by atoms with E-state index in [0.717, 1.165) is 55.3 Å². The van der Waals surface area contributed by atoms with Crippen molar-refractivity contribution in [3.05, 3.63) is 74.6 Å². The lowest BCUT2D eigenvalue weighted by atomic mass is 9.99. The minimum absolute atomic E-state index is 0.0526. The number of aryl methyl sites for hydroxylation is 2. The summed E-state index contributed by atoms with van der Waals surface area (Å²) in [4.78, 5) is 25.6. The van der Waals surface area contributed by atoms with Gasteiger partial charge in [0.1, 0.15) is 27.4 Å². The maximum absolute atomic E-state index is 14.6. The Balaban J connectivity index is 1.52. The molecule has 0 aliphatic carbocycles. The molecular formula is C25H22FIN4O2S. The number of ether oxygens (including phenoxy) is 1. The third-order valence-electron chi connectivity index (χ3n) is 5.95. The molecule has 34 heavy (non-hydrogen) atoms. The van der Waals surface area contributed by atoms with Gasteiger partial charge in [0.05, 0.1) is 17.8 Å². The molecule has 4 heterocycles. The third kappa shape index (κ3) is 4.43. The standard InChI is InChI=1S/C25H22FIN4O2S/c1-14-3-4-17(21(30-14)12-34-15(2)32)19-11-28-23(31-13-29-25(27)24(19)31)8-5-16-18-9-10-33-22(18)7-6-20(16)26/h3-4,6-7,11,13H,5,8-10,12H2,1-2H3. The molecule has 0 bridgehead atoms. The molecule has 6 nitrogen and oxygen atoms in total. The highest BCUT2D eigenvalue weighted by Gasteiger charge is 2.21. The van der Waals surface area contributed by atoms with E-state index in [1.165, 1.54) is 17.8 Å². The molecule has 0 unspecified atom stereocenters. The van der Waals surface area contributed by atoms with Gasteiger partial charge >= 0.3 is 0 Å². The number of carbonyl (C=O) groups is 1. The number of halogens is 2. The first-order chi connectivity index (χ1) is 16.4. The second-order valence-corrected chi connectivity index (χ2v) is 10.3.